The first kappa shape index (κ1) is 19.2. The number of nitrogen functional groups attached to an aromatic ring is 1. The van der Waals surface area contributed by atoms with E-state index in [0.29, 0.717) is 17.6 Å². The topological polar surface area (TPSA) is 165 Å². The Morgan fingerprint density at radius 3 is 2.81 bits per heavy atom. The fourth-order valence-corrected chi connectivity index (χ4v) is 4.09. The Bertz CT molecular complexity index is 877. The lowest BCUT2D eigenvalue weighted by Crippen LogP contribution is -2.40. The van der Waals surface area contributed by atoms with Crippen molar-refractivity contribution in [1.29, 1.82) is 0 Å². The van der Waals surface area contributed by atoms with Crippen LogP contribution in [0, 0.1) is 0 Å². The molecule has 4 atom stereocenters. The Kier molecular flexibility index (Phi) is 5.60. The number of imidazole rings is 1. The maximum Gasteiger partial charge on any atom is 0.211 e. The first-order chi connectivity index (χ1) is 12.3. The van der Waals surface area contributed by atoms with Gasteiger partial charge in [0.1, 0.15) is 30.2 Å². The van der Waals surface area contributed by atoms with Gasteiger partial charge in [-0.15, -0.1) is 11.6 Å². The van der Waals surface area contributed by atoms with E-state index in [4.69, 9.17) is 22.1 Å². The van der Waals surface area contributed by atoms with Crippen molar-refractivity contribution in [3.63, 3.8) is 0 Å². The molecule has 26 heavy (non-hydrogen) atoms. The molecule has 11 nitrogen and oxygen atoms in total. The van der Waals surface area contributed by atoms with Gasteiger partial charge in [0.15, 0.2) is 17.7 Å². The lowest BCUT2D eigenvalue weighted by molar-refractivity contribution is -0.0330. The van der Waals surface area contributed by atoms with E-state index in [9.17, 15) is 18.6 Å². The van der Waals surface area contributed by atoms with E-state index in [-0.39, 0.29) is 24.0 Å². The number of sulfonamides is 1. The van der Waals surface area contributed by atoms with Crippen LogP contribution in [0.3, 0.4) is 0 Å². The normalized spacial score (nSPS) is 26.6. The SMILES string of the molecule is Nc1ncnc2c1ncn2[C@@H]1O[C@H](CNS(=O)(=O)CCCCl)[C@@H](O)[C@H]1O. The number of halogens is 1. The van der Waals surface area contributed by atoms with Gasteiger partial charge in [0.05, 0.1) is 12.1 Å². The number of rotatable bonds is 7. The first-order valence-corrected chi connectivity index (χ1v) is 10.0. The summed E-state index contributed by atoms with van der Waals surface area (Å²) in [6.45, 7) is -0.191. The molecule has 2 aromatic rings. The minimum absolute atomic E-state index is 0.131. The van der Waals surface area contributed by atoms with E-state index in [1.807, 2.05) is 0 Å². The molecular formula is C13H19ClN6O5S. The highest BCUT2D eigenvalue weighted by molar-refractivity contribution is 7.89. The number of nitrogens with one attached hydrogen (secondary N) is 1. The van der Waals surface area contributed by atoms with E-state index < -0.39 is 34.6 Å². The minimum Gasteiger partial charge on any atom is -0.387 e. The number of nitrogens with two attached hydrogens (primary N) is 1. The molecule has 2 aromatic heterocycles. The van der Waals surface area contributed by atoms with Crippen molar-refractivity contribution in [2.45, 2.75) is 31.0 Å². The van der Waals surface area contributed by atoms with Crippen LogP contribution in [0.2, 0.25) is 0 Å². The van der Waals surface area contributed by atoms with Gasteiger partial charge in [0.2, 0.25) is 10.0 Å². The van der Waals surface area contributed by atoms with Crippen molar-refractivity contribution < 1.29 is 23.4 Å². The van der Waals surface area contributed by atoms with E-state index >= 15 is 0 Å². The van der Waals surface area contributed by atoms with Crippen LogP contribution in [-0.4, -0.2) is 74.6 Å². The van der Waals surface area contributed by atoms with E-state index in [1.165, 1.54) is 17.2 Å². The zero-order valence-corrected chi connectivity index (χ0v) is 15.1. The highest BCUT2D eigenvalue weighted by Crippen LogP contribution is 2.31. The summed E-state index contributed by atoms with van der Waals surface area (Å²) in [4.78, 5) is 12.0. The van der Waals surface area contributed by atoms with Crippen LogP contribution < -0.4 is 10.5 Å². The standard InChI is InChI=1S/C13H19ClN6O5S/c14-2-1-3-26(23,24)19-4-7-9(21)10(22)13(25-7)20-6-18-8-11(15)16-5-17-12(8)20/h5-7,9-10,13,19,21-22H,1-4H2,(H2,15,16,17)/t7-,9-,10-,13-/m1/s1. The number of aromatic nitrogens is 4. The van der Waals surface area contributed by atoms with Gasteiger partial charge in [0.25, 0.3) is 0 Å². The Labute approximate surface area is 154 Å². The maximum absolute atomic E-state index is 11.8. The highest BCUT2D eigenvalue weighted by Gasteiger charge is 2.44. The third-order valence-electron chi connectivity index (χ3n) is 4.05. The molecule has 1 fully saturated rings. The predicted molar refractivity (Wildman–Crippen MR) is 92.8 cm³/mol. The molecule has 3 heterocycles. The van der Waals surface area contributed by atoms with E-state index in [2.05, 4.69) is 19.7 Å². The summed E-state index contributed by atoms with van der Waals surface area (Å²) in [7, 11) is -3.55. The minimum atomic E-state index is -3.55. The number of hydrogen-bond donors (Lipinski definition) is 4. The number of aliphatic hydroxyl groups is 2. The molecule has 144 valence electrons. The second-order valence-corrected chi connectivity index (χ2v) is 8.14. The molecule has 5 N–H and O–H groups in total. The summed E-state index contributed by atoms with van der Waals surface area (Å²) >= 11 is 5.49. The van der Waals surface area contributed by atoms with Crippen LogP contribution in [0.1, 0.15) is 12.6 Å². The fraction of sp³-hybridized carbons (Fsp3) is 0.615. The molecule has 0 radical (unpaired) electrons. The molecule has 0 amide bonds. The van der Waals surface area contributed by atoms with Crippen molar-refractivity contribution in [3.05, 3.63) is 12.7 Å². The molecule has 1 aliphatic rings. The summed E-state index contributed by atoms with van der Waals surface area (Å²) < 4.78 is 33.1. The third-order valence-corrected chi connectivity index (χ3v) is 5.75. The quantitative estimate of drug-likeness (QED) is 0.403. The second kappa shape index (κ2) is 7.58. The van der Waals surface area contributed by atoms with Crippen LogP contribution in [0.4, 0.5) is 5.82 Å². The van der Waals surface area contributed by atoms with E-state index in [0.717, 1.165) is 0 Å². The summed E-state index contributed by atoms with van der Waals surface area (Å²) in [6, 6.07) is 0. The smallest absolute Gasteiger partial charge is 0.211 e. The number of anilines is 1. The van der Waals surface area contributed by atoms with Crippen LogP contribution >= 0.6 is 11.6 Å². The summed E-state index contributed by atoms with van der Waals surface area (Å²) in [6.07, 6.45) is -1.63. The summed E-state index contributed by atoms with van der Waals surface area (Å²) in [5.74, 6) is 0.265. The molecule has 1 saturated heterocycles. The lowest BCUT2D eigenvalue weighted by atomic mass is 10.1. The highest BCUT2D eigenvalue weighted by atomic mass is 35.5. The van der Waals surface area contributed by atoms with Crippen molar-refractivity contribution >= 4 is 38.6 Å². The Morgan fingerprint density at radius 2 is 2.08 bits per heavy atom. The van der Waals surface area contributed by atoms with Crippen LogP contribution in [0.15, 0.2) is 12.7 Å². The summed E-state index contributed by atoms with van der Waals surface area (Å²) in [5, 5.41) is 20.5. The Balaban J connectivity index is 1.74. The van der Waals surface area contributed by atoms with Gasteiger partial charge in [-0.1, -0.05) is 0 Å². The monoisotopic (exact) mass is 406 g/mol. The summed E-state index contributed by atoms with van der Waals surface area (Å²) in [5.41, 5.74) is 6.39. The largest absolute Gasteiger partial charge is 0.387 e. The average Bonchev–Trinajstić information content (AvgIpc) is 3.15. The fourth-order valence-electron chi connectivity index (χ4n) is 2.71. The molecule has 0 bridgehead atoms. The van der Waals surface area contributed by atoms with Gasteiger partial charge in [-0.3, -0.25) is 4.57 Å². The molecule has 3 rings (SSSR count). The van der Waals surface area contributed by atoms with Gasteiger partial charge in [-0.25, -0.2) is 28.1 Å². The average molecular weight is 407 g/mol. The molecule has 13 heteroatoms. The van der Waals surface area contributed by atoms with Gasteiger partial charge in [-0.05, 0) is 6.42 Å². The van der Waals surface area contributed by atoms with Crippen molar-refractivity contribution in [2.75, 3.05) is 23.9 Å². The van der Waals surface area contributed by atoms with Gasteiger partial charge in [0, 0.05) is 12.4 Å². The maximum atomic E-state index is 11.8. The van der Waals surface area contributed by atoms with Gasteiger partial charge < -0.3 is 20.7 Å². The number of aliphatic hydroxyl groups excluding tert-OH is 2. The zero-order valence-electron chi connectivity index (χ0n) is 13.6. The van der Waals surface area contributed by atoms with Crippen LogP contribution in [0.5, 0.6) is 0 Å². The molecule has 0 aromatic carbocycles. The Morgan fingerprint density at radius 1 is 1.31 bits per heavy atom. The van der Waals surface area contributed by atoms with E-state index in [1.54, 1.807) is 0 Å². The number of ether oxygens (including phenoxy) is 1. The second-order valence-electron chi connectivity index (χ2n) is 5.84. The van der Waals surface area contributed by atoms with Crippen molar-refractivity contribution in [2.24, 2.45) is 0 Å². The number of fused-ring (bicyclic) bond motifs is 1. The number of nitrogens with zero attached hydrogens (tertiary/aromatic N) is 4. The molecule has 0 unspecified atom stereocenters. The zero-order chi connectivity index (χ0) is 18.9. The van der Waals surface area contributed by atoms with Crippen molar-refractivity contribution in [3.8, 4) is 0 Å². The molecule has 0 saturated carbocycles. The molecular weight excluding hydrogens is 388 g/mol. The lowest BCUT2D eigenvalue weighted by Gasteiger charge is -2.16. The van der Waals surface area contributed by atoms with Crippen molar-refractivity contribution in [1.82, 2.24) is 24.2 Å². The molecule has 0 spiro atoms. The first-order valence-electron chi connectivity index (χ1n) is 7.82. The molecule has 1 aliphatic heterocycles. The Hall–Kier alpha value is -1.57. The molecule has 0 aliphatic carbocycles. The van der Waals surface area contributed by atoms with Gasteiger partial charge >= 0.3 is 0 Å². The van der Waals surface area contributed by atoms with Crippen LogP contribution in [0.25, 0.3) is 11.2 Å². The number of alkyl halides is 1. The predicted octanol–water partition coefficient (Wildman–Crippen LogP) is -1.42. The van der Waals surface area contributed by atoms with Crippen LogP contribution in [-0.2, 0) is 14.8 Å². The van der Waals surface area contributed by atoms with Gasteiger partial charge in [-0.2, -0.15) is 0 Å². The third kappa shape index (κ3) is 3.75. The number of hydrogen-bond acceptors (Lipinski definition) is 9.